The second-order valence-corrected chi connectivity index (χ2v) is 5.30. The lowest BCUT2D eigenvalue weighted by Gasteiger charge is -2.13. The Morgan fingerprint density at radius 1 is 1.31 bits per heavy atom. The van der Waals surface area contributed by atoms with E-state index < -0.39 is 0 Å². The quantitative estimate of drug-likeness (QED) is 0.360. The van der Waals surface area contributed by atoms with Crippen molar-refractivity contribution in [3.63, 3.8) is 0 Å². The van der Waals surface area contributed by atoms with Crippen LogP contribution in [0, 0.1) is 0 Å². The molecule has 80 valence electrons. The Bertz CT molecular complexity index is 110. The van der Waals surface area contributed by atoms with Crippen molar-refractivity contribution in [1.29, 1.82) is 0 Å². The summed E-state index contributed by atoms with van der Waals surface area (Å²) in [5, 5.41) is 0. The third-order valence-electron chi connectivity index (χ3n) is 2.31. The molecule has 13 heavy (non-hydrogen) atoms. The van der Waals surface area contributed by atoms with Crippen LogP contribution in [-0.4, -0.2) is 35.7 Å². The van der Waals surface area contributed by atoms with Crippen molar-refractivity contribution in [2.45, 2.75) is 44.2 Å². The van der Waals surface area contributed by atoms with E-state index in [9.17, 15) is 0 Å². The van der Waals surface area contributed by atoms with Crippen LogP contribution in [0.1, 0.15) is 26.2 Å². The van der Waals surface area contributed by atoms with Gasteiger partial charge in [0.25, 0.3) is 0 Å². The van der Waals surface area contributed by atoms with E-state index in [1.807, 2.05) is 0 Å². The minimum Gasteiger partial charge on any atom is -0.360 e. The summed E-state index contributed by atoms with van der Waals surface area (Å²) in [4.78, 5) is 0. The predicted molar refractivity (Wildman–Crippen MR) is 58.7 cm³/mol. The molecule has 0 aromatic carbocycles. The maximum atomic E-state index is 5.81. The van der Waals surface area contributed by atoms with Crippen molar-refractivity contribution >= 4 is 9.52 Å². The number of hydrogen-bond donors (Lipinski definition) is 1. The zero-order valence-corrected chi connectivity index (χ0v) is 10.5. The van der Waals surface area contributed by atoms with E-state index >= 15 is 0 Å². The molecule has 0 saturated heterocycles. The smallest absolute Gasteiger partial charge is 0.134 e. The van der Waals surface area contributed by atoms with Crippen LogP contribution in [-0.2, 0) is 9.47 Å². The Morgan fingerprint density at radius 2 is 1.92 bits per heavy atom. The first-order valence-electron chi connectivity index (χ1n) is 5.05. The van der Waals surface area contributed by atoms with E-state index in [1.165, 1.54) is 12.5 Å². The molecule has 3 nitrogen and oxygen atoms in total. The average Bonchev–Trinajstić information content (AvgIpc) is 2.18. The summed E-state index contributed by atoms with van der Waals surface area (Å²) < 4.78 is 10.3. The summed E-state index contributed by atoms with van der Waals surface area (Å²) in [5.74, 6) is 0.0952. The number of rotatable bonds is 8. The van der Waals surface area contributed by atoms with Crippen LogP contribution in [0.4, 0.5) is 0 Å². The molecule has 0 heterocycles. The third-order valence-corrected chi connectivity index (χ3v) is 4.36. The molecular formula is C9H23NO2Si. The molecule has 0 rings (SSSR count). The van der Waals surface area contributed by atoms with Gasteiger partial charge in [0.1, 0.15) is 5.91 Å². The molecule has 0 radical (unpaired) electrons. The summed E-state index contributed by atoms with van der Waals surface area (Å²) in [6.07, 6.45) is 3.45. The fourth-order valence-corrected chi connectivity index (χ4v) is 2.64. The summed E-state index contributed by atoms with van der Waals surface area (Å²) in [6.45, 7) is 2.13. The Labute approximate surface area is 83.8 Å². The number of ether oxygens (including phenoxy) is 2. The normalized spacial score (nSPS) is 14.5. The second kappa shape index (κ2) is 8.68. The highest BCUT2D eigenvalue weighted by Crippen LogP contribution is 2.03. The predicted octanol–water partition coefficient (Wildman–Crippen LogP) is 0.667. The maximum Gasteiger partial charge on any atom is 0.134 e. The van der Waals surface area contributed by atoms with Crippen molar-refractivity contribution in [3.05, 3.63) is 0 Å². The molecule has 0 aromatic heterocycles. The molecule has 4 heteroatoms. The Kier molecular flexibility index (Phi) is 8.75. The minimum atomic E-state index is -0.225. The topological polar surface area (TPSA) is 44.5 Å². The van der Waals surface area contributed by atoms with Crippen LogP contribution in [0.25, 0.3) is 0 Å². The average molecular weight is 205 g/mol. The van der Waals surface area contributed by atoms with Gasteiger partial charge in [-0.3, -0.25) is 0 Å². The van der Waals surface area contributed by atoms with E-state index in [2.05, 4.69) is 6.92 Å². The maximum absolute atomic E-state index is 5.81. The summed E-state index contributed by atoms with van der Waals surface area (Å²) in [6, 6.07) is 1.65. The molecule has 0 aromatic rings. The zero-order valence-electron chi connectivity index (χ0n) is 9.08. The molecule has 0 amide bonds. The van der Waals surface area contributed by atoms with E-state index in [1.54, 1.807) is 14.2 Å². The summed E-state index contributed by atoms with van der Waals surface area (Å²) in [5.41, 5.74) is 5.81. The van der Waals surface area contributed by atoms with Crippen LogP contribution in [0.2, 0.25) is 6.04 Å². The van der Waals surface area contributed by atoms with Crippen molar-refractivity contribution in [3.8, 4) is 0 Å². The highest BCUT2D eigenvalue weighted by Gasteiger charge is 2.05. The van der Waals surface area contributed by atoms with Crippen LogP contribution in [0.15, 0.2) is 0 Å². The molecule has 0 spiro atoms. The summed E-state index contributed by atoms with van der Waals surface area (Å²) in [7, 11) is 3.19. The molecule has 0 aliphatic rings. The SMILES string of the molecule is CCC(N)CCC[SiH2]C(OC)OC. The number of methoxy groups -OCH3 is 2. The van der Waals surface area contributed by atoms with Gasteiger partial charge in [0.05, 0.1) is 9.52 Å². The Morgan fingerprint density at radius 3 is 2.38 bits per heavy atom. The lowest BCUT2D eigenvalue weighted by atomic mass is 10.1. The van der Waals surface area contributed by atoms with Gasteiger partial charge in [0, 0.05) is 20.3 Å². The van der Waals surface area contributed by atoms with Crippen molar-refractivity contribution in [2.75, 3.05) is 14.2 Å². The van der Waals surface area contributed by atoms with E-state index in [0.717, 1.165) is 12.8 Å². The lowest BCUT2D eigenvalue weighted by Crippen LogP contribution is -2.22. The molecule has 1 atom stereocenters. The molecule has 2 N–H and O–H groups in total. The zero-order chi connectivity index (χ0) is 10.1. The van der Waals surface area contributed by atoms with E-state index in [-0.39, 0.29) is 15.4 Å². The molecule has 0 bridgehead atoms. The number of nitrogens with two attached hydrogens (primary N) is 1. The van der Waals surface area contributed by atoms with Gasteiger partial charge >= 0.3 is 0 Å². The Balaban J connectivity index is 3.23. The standard InChI is InChI=1S/C9H23NO2Si/c1-4-8(10)6-5-7-13-9(11-2)12-3/h8-9H,4-7,10,13H2,1-3H3. The Hall–Kier alpha value is 0.0969. The second-order valence-electron chi connectivity index (χ2n) is 3.35. The van der Waals surface area contributed by atoms with Crippen LogP contribution in [0.3, 0.4) is 0 Å². The minimum absolute atomic E-state index is 0.0952. The van der Waals surface area contributed by atoms with Gasteiger partial charge in [-0.2, -0.15) is 0 Å². The van der Waals surface area contributed by atoms with Crippen LogP contribution in [0.5, 0.6) is 0 Å². The molecule has 1 unspecified atom stereocenters. The molecule has 0 saturated carbocycles. The first-order valence-corrected chi connectivity index (χ1v) is 6.87. The van der Waals surface area contributed by atoms with Crippen LogP contribution >= 0.6 is 0 Å². The highest BCUT2D eigenvalue weighted by molar-refractivity contribution is 6.36. The summed E-state index contributed by atoms with van der Waals surface area (Å²) >= 11 is 0. The first kappa shape index (κ1) is 13.1. The largest absolute Gasteiger partial charge is 0.360 e. The van der Waals surface area contributed by atoms with E-state index in [4.69, 9.17) is 15.2 Å². The monoisotopic (exact) mass is 205 g/mol. The van der Waals surface area contributed by atoms with Gasteiger partial charge in [-0.15, -0.1) is 0 Å². The van der Waals surface area contributed by atoms with Gasteiger partial charge in [0.15, 0.2) is 0 Å². The third kappa shape index (κ3) is 7.19. The molecule has 0 aliphatic carbocycles. The van der Waals surface area contributed by atoms with Gasteiger partial charge in [-0.1, -0.05) is 19.4 Å². The fourth-order valence-electron chi connectivity index (χ4n) is 1.25. The van der Waals surface area contributed by atoms with Crippen molar-refractivity contribution in [1.82, 2.24) is 0 Å². The van der Waals surface area contributed by atoms with Crippen LogP contribution < -0.4 is 5.73 Å². The molecule has 0 aliphatic heterocycles. The van der Waals surface area contributed by atoms with Crippen molar-refractivity contribution < 1.29 is 9.47 Å². The van der Waals surface area contributed by atoms with Gasteiger partial charge in [-0.25, -0.2) is 0 Å². The first-order chi connectivity index (χ1) is 6.24. The molecular weight excluding hydrogens is 182 g/mol. The number of hydrogen-bond acceptors (Lipinski definition) is 3. The van der Waals surface area contributed by atoms with Gasteiger partial charge < -0.3 is 15.2 Å². The van der Waals surface area contributed by atoms with Gasteiger partial charge in [0.2, 0.25) is 0 Å². The van der Waals surface area contributed by atoms with E-state index in [0.29, 0.717) is 6.04 Å². The fraction of sp³-hybridized carbons (Fsp3) is 1.00. The van der Waals surface area contributed by atoms with Gasteiger partial charge in [-0.05, 0) is 12.8 Å². The molecule has 0 fully saturated rings. The highest BCUT2D eigenvalue weighted by atomic mass is 28.2. The lowest BCUT2D eigenvalue weighted by molar-refractivity contribution is -0.0441. The van der Waals surface area contributed by atoms with Crippen molar-refractivity contribution in [2.24, 2.45) is 5.73 Å².